The Hall–Kier alpha value is -3.03. The second kappa shape index (κ2) is 9.22. The number of hydrogen-bond donors (Lipinski definition) is 2. The molecule has 32 heavy (non-hydrogen) atoms. The van der Waals surface area contributed by atoms with Gasteiger partial charge in [0.1, 0.15) is 23.2 Å². The van der Waals surface area contributed by atoms with Gasteiger partial charge in [-0.15, -0.1) is 0 Å². The van der Waals surface area contributed by atoms with Crippen LogP contribution in [-0.2, 0) is 0 Å². The number of allylic oxidation sites excluding steroid dienone is 3. The number of nitrogens with one attached hydrogen (secondary N) is 1. The highest BCUT2D eigenvalue weighted by atomic mass is 35.5. The van der Waals surface area contributed by atoms with E-state index >= 15 is 0 Å². The first-order valence-corrected chi connectivity index (χ1v) is 10.9. The van der Waals surface area contributed by atoms with Gasteiger partial charge in [0, 0.05) is 48.9 Å². The number of amidine groups is 1. The van der Waals surface area contributed by atoms with Crippen molar-refractivity contribution in [2.45, 2.75) is 19.4 Å². The van der Waals surface area contributed by atoms with Crippen molar-refractivity contribution in [2.24, 2.45) is 10.9 Å². The van der Waals surface area contributed by atoms with E-state index in [0.717, 1.165) is 24.5 Å². The Kier molecular flexibility index (Phi) is 6.39. The van der Waals surface area contributed by atoms with E-state index in [-0.39, 0.29) is 34.6 Å². The van der Waals surface area contributed by atoms with Crippen molar-refractivity contribution in [3.63, 3.8) is 0 Å². The molecule has 3 N–H and O–H groups in total. The highest BCUT2D eigenvalue weighted by molar-refractivity contribution is 6.30. The molecule has 2 aliphatic heterocycles. The van der Waals surface area contributed by atoms with E-state index in [9.17, 15) is 9.18 Å². The molecule has 2 atom stereocenters. The zero-order valence-corrected chi connectivity index (χ0v) is 18.6. The van der Waals surface area contributed by atoms with Crippen LogP contribution in [0, 0.1) is 5.92 Å². The molecule has 1 saturated heterocycles. The van der Waals surface area contributed by atoms with Crippen molar-refractivity contribution < 1.29 is 9.18 Å². The van der Waals surface area contributed by atoms with E-state index in [4.69, 9.17) is 17.3 Å². The van der Waals surface area contributed by atoms with Crippen LogP contribution < -0.4 is 11.1 Å². The molecule has 0 spiro atoms. The summed E-state index contributed by atoms with van der Waals surface area (Å²) in [6, 6.07) is 11.0. The van der Waals surface area contributed by atoms with Crippen LogP contribution >= 0.6 is 11.6 Å². The number of benzene rings is 1. The van der Waals surface area contributed by atoms with Crippen LogP contribution in [0.2, 0.25) is 5.02 Å². The van der Waals surface area contributed by atoms with Gasteiger partial charge in [-0.1, -0.05) is 37.2 Å². The summed E-state index contributed by atoms with van der Waals surface area (Å²) in [5, 5.41) is 4.19. The Morgan fingerprint density at radius 3 is 2.88 bits per heavy atom. The molecule has 0 saturated carbocycles. The highest BCUT2D eigenvalue weighted by Crippen LogP contribution is 2.34. The van der Waals surface area contributed by atoms with Crippen molar-refractivity contribution in [1.82, 2.24) is 15.2 Å². The van der Waals surface area contributed by atoms with Crippen LogP contribution in [0.15, 0.2) is 71.3 Å². The van der Waals surface area contributed by atoms with E-state index in [1.54, 1.807) is 12.1 Å². The Labute approximate surface area is 191 Å². The lowest BCUT2D eigenvalue weighted by Gasteiger charge is -2.38. The third kappa shape index (κ3) is 4.45. The predicted octanol–water partition coefficient (Wildman–Crippen LogP) is 4.32. The molecule has 4 rings (SSSR count). The van der Waals surface area contributed by atoms with Gasteiger partial charge in [0.2, 0.25) is 5.78 Å². The summed E-state index contributed by atoms with van der Waals surface area (Å²) in [6.45, 7) is 7.46. The second-order valence-electron chi connectivity index (χ2n) is 8.07. The smallest absolute Gasteiger partial charge is 0.215 e. The Balaban J connectivity index is 1.68. The number of piperazine rings is 1. The number of Topliss-reactive ketones (excluding diaryl/α,β-unsaturated/α-hetero) is 1. The molecule has 6 nitrogen and oxygen atoms in total. The SMILES string of the molecule is C=C(F)C1=C(C(=O)c2cccnc2N)N=C(N2CCNC(c3cccc(Cl)c3)C2)CC1C. The minimum atomic E-state index is -0.650. The van der Waals surface area contributed by atoms with E-state index in [2.05, 4.69) is 26.8 Å². The molecule has 3 heterocycles. The van der Waals surface area contributed by atoms with Gasteiger partial charge in [0.15, 0.2) is 0 Å². The normalized spacial score (nSPS) is 21.3. The van der Waals surface area contributed by atoms with Crippen LogP contribution in [-0.4, -0.2) is 41.1 Å². The molecular weight excluding hydrogens is 429 g/mol. The topological polar surface area (TPSA) is 83.6 Å². The number of nitrogen functional groups attached to an aromatic ring is 1. The molecule has 2 aromatic rings. The zero-order valence-electron chi connectivity index (χ0n) is 17.8. The highest BCUT2D eigenvalue weighted by Gasteiger charge is 2.33. The summed E-state index contributed by atoms with van der Waals surface area (Å²) >= 11 is 6.17. The lowest BCUT2D eigenvalue weighted by atomic mass is 9.89. The van der Waals surface area contributed by atoms with Crippen molar-refractivity contribution in [3.05, 3.63) is 82.4 Å². The lowest BCUT2D eigenvalue weighted by Crippen LogP contribution is -2.49. The maximum atomic E-state index is 14.4. The van der Waals surface area contributed by atoms with Gasteiger partial charge in [0.25, 0.3) is 0 Å². The summed E-state index contributed by atoms with van der Waals surface area (Å²) < 4.78 is 14.4. The molecular formula is C24H25ClFN5O. The van der Waals surface area contributed by atoms with E-state index in [0.29, 0.717) is 18.0 Å². The quantitative estimate of drug-likeness (QED) is 0.673. The third-order valence-corrected chi connectivity index (χ3v) is 6.09. The molecule has 2 unspecified atom stereocenters. The van der Waals surface area contributed by atoms with Crippen molar-refractivity contribution >= 4 is 29.0 Å². The molecule has 1 aromatic carbocycles. The molecule has 0 amide bonds. The maximum Gasteiger partial charge on any atom is 0.215 e. The Bertz CT molecular complexity index is 1130. The van der Waals surface area contributed by atoms with Gasteiger partial charge in [0.05, 0.1) is 5.56 Å². The van der Waals surface area contributed by atoms with E-state index < -0.39 is 11.6 Å². The lowest BCUT2D eigenvalue weighted by molar-refractivity contribution is 0.103. The fraction of sp³-hybridized carbons (Fsp3) is 0.292. The van der Waals surface area contributed by atoms with Gasteiger partial charge in [-0.3, -0.25) is 4.79 Å². The van der Waals surface area contributed by atoms with Gasteiger partial charge >= 0.3 is 0 Å². The van der Waals surface area contributed by atoms with Crippen molar-refractivity contribution in [2.75, 3.05) is 25.4 Å². The summed E-state index contributed by atoms with van der Waals surface area (Å²) in [6.07, 6.45) is 2.02. The molecule has 0 aliphatic carbocycles. The summed E-state index contributed by atoms with van der Waals surface area (Å²) in [5.41, 5.74) is 7.47. The molecule has 1 aromatic heterocycles. The average Bonchev–Trinajstić information content (AvgIpc) is 2.78. The van der Waals surface area contributed by atoms with Crippen molar-refractivity contribution in [1.29, 1.82) is 0 Å². The number of ketones is 1. The van der Waals surface area contributed by atoms with Crippen molar-refractivity contribution in [3.8, 4) is 0 Å². The summed E-state index contributed by atoms with van der Waals surface area (Å²) in [5.74, 6) is -0.511. The summed E-state index contributed by atoms with van der Waals surface area (Å²) in [7, 11) is 0. The number of nitrogens with zero attached hydrogens (tertiary/aromatic N) is 3. The molecule has 0 bridgehead atoms. The predicted molar refractivity (Wildman–Crippen MR) is 125 cm³/mol. The number of nitrogens with two attached hydrogens (primary N) is 1. The number of aromatic nitrogens is 1. The minimum absolute atomic E-state index is 0.0452. The van der Waals surface area contributed by atoms with E-state index in [1.807, 2.05) is 31.2 Å². The molecule has 2 aliphatic rings. The van der Waals surface area contributed by atoms with Crippen LogP contribution in [0.5, 0.6) is 0 Å². The summed E-state index contributed by atoms with van der Waals surface area (Å²) in [4.78, 5) is 24.1. The van der Waals surface area contributed by atoms with Crippen LogP contribution in [0.1, 0.15) is 35.3 Å². The van der Waals surface area contributed by atoms with Gasteiger partial charge < -0.3 is 16.0 Å². The zero-order chi connectivity index (χ0) is 22.8. The number of pyridine rings is 1. The number of carbonyl (C=O) groups excluding carboxylic acids is 1. The standard InChI is InChI=1S/C24H25ClFN5O/c1-14-11-20(31-10-9-28-19(13-31)16-5-3-6-17(25)12-16)30-22(21(14)15(2)26)23(32)18-7-4-8-29-24(18)27/h3-8,12,14,19,28H,2,9-11,13H2,1H3,(H2,27,29). The largest absolute Gasteiger partial charge is 0.383 e. The monoisotopic (exact) mass is 453 g/mol. The van der Waals surface area contributed by atoms with Gasteiger partial charge in [-0.25, -0.2) is 14.4 Å². The Morgan fingerprint density at radius 2 is 2.16 bits per heavy atom. The number of hydrogen-bond acceptors (Lipinski definition) is 6. The number of aliphatic imine (C=N–C) groups is 1. The first-order valence-electron chi connectivity index (χ1n) is 10.5. The molecule has 1 fully saturated rings. The third-order valence-electron chi connectivity index (χ3n) is 5.86. The van der Waals surface area contributed by atoms with Crippen LogP contribution in [0.4, 0.5) is 10.2 Å². The number of halogens is 2. The number of carbonyl (C=O) groups is 1. The molecule has 166 valence electrons. The Morgan fingerprint density at radius 1 is 1.34 bits per heavy atom. The van der Waals surface area contributed by atoms with Crippen LogP contribution in [0.25, 0.3) is 0 Å². The minimum Gasteiger partial charge on any atom is -0.383 e. The van der Waals surface area contributed by atoms with E-state index in [1.165, 1.54) is 6.20 Å². The van der Waals surface area contributed by atoms with Crippen LogP contribution in [0.3, 0.4) is 0 Å². The maximum absolute atomic E-state index is 14.4. The number of rotatable bonds is 4. The first kappa shape index (κ1) is 22.2. The molecule has 8 heteroatoms. The number of anilines is 1. The van der Waals surface area contributed by atoms with Gasteiger partial charge in [-0.05, 0) is 35.7 Å². The second-order valence-corrected chi connectivity index (χ2v) is 8.51. The fourth-order valence-corrected chi connectivity index (χ4v) is 4.48. The average molecular weight is 454 g/mol. The molecule has 0 radical (unpaired) electrons. The van der Waals surface area contributed by atoms with Gasteiger partial charge in [-0.2, -0.15) is 0 Å². The fourth-order valence-electron chi connectivity index (χ4n) is 4.28. The first-order chi connectivity index (χ1) is 15.3.